The molecule has 0 bridgehead atoms. The molecule has 0 spiro atoms. The Bertz CT molecular complexity index is 520. The Balaban J connectivity index is 2.00. The van der Waals surface area contributed by atoms with Crippen LogP contribution in [0.2, 0.25) is 0 Å². The smallest absolute Gasteiger partial charge is 0.406 e. The van der Waals surface area contributed by atoms with Crippen molar-refractivity contribution < 1.29 is 22.7 Å². The van der Waals surface area contributed by atoms with Crippen molar-refractivity contribution in [1.29, 1.82) is 0 Å². The van der Waals surface area contributed by atoms with Gasteiger partial charge in [-0.2, -0.15) is 0 Å². The second kappa shape index (κ2) is 7.23. The lowest BCUT2D eigenvalue weighted by Gasteiger charge is -2.33. The zero-order valence-electron chi connectivity index (χ0n) is 13.4. The second-order valence-corrected chi connectivity index (χ2v) is 6.20. The fraction of sp³-hybridized carbons (Fsp3) is 0.588. The molecule has 1 saturated carbocycles. The van der Waals surface area contributed by atoms with Crippen LogP contribution < -0.4 is 4.74 Å². The Morgan fingerprint density at radius 2 is 1.78 bits per heavy atom. The van der Waals surface area contributed by atoms with Crippen LogP contribution in [0.4, 0.5) is 13.2 Å². The van der Waals surface area contributed by atoms with Crippen molar-refractivity contribution in [2.75, 3.05) is 0 Å². The highest BCUT2D eigenvalue weighted by Crippen LogP contribution is 2.26. The molecule has 3 nitrogen and oxygen atoms in total. The SMILES string of the molecule is CC(C)N(C(=O)Cc1ccc(OC(F)(F)F)cc1)C1CCCC1. The van der Waals surface area contributed by atoms with E-state index in [0.29, 0.717) is 5.56 Å². The zero-order valence-corrected chi connectivity index (χ0v) is 13.4. The average molecular weight is 329 g/mol. The van der Waals surface area contributed by atoms with Crippen LogP contribution in [0.1, 0.15) is 45.1 Å². The van der Waals surface area contributed by atoms with Crippen LogP contribution in [0.3, 0.4) is 0 Å². The van der Waals surface area contributed by atoms with Crippen LogP contribution in [0, 0.1) is 0 Å². The van der Waals surface area contributed by atoms with Gasteiger partial charge in [0.2, 0.25) is 5.91 Å². The molecule has 6 heteroatoms. The van der Waals surface area contributed by atoms with Crippen LogP contribution >= 0.6 is 0 Å². The number of carbonyl (C=O) groups excluding carboxylic acids is 1. The molecule has 0 aliphatic heterocycles. The summed E-state index contributed by atoms with van der Waals surface area (Å²) in [5.74, 6) is -0.249. The van der Waals surface area contributed by atoms with Gasteiger partial charge >= 0.3 is 6.36 Å². The molecule has 0 heterocycles. The monoisotopic (exact) mass is 329 g/mol. The lowest BCUT2D eigenvalue weighted by Crippen LogP contribution is -2.44. The van der Waals surface area contributed by atoms with Crippen molar-refractivity contribution in [2.24, 2.45) is 0 Å². The Morgan fingerprint density at radius 3 is 2.26 bits per heavy atom. The summed E-state index contributed by atoms with van der Waals surface area (Å²) in [5.41, 5.74) is 0.688. The molecule has 23 heavy (non-hydrogen) atoms. The number of benzene rings is 1. The molecule has 0 aromatic heterocycles. The molecule has 0 radical (unpaired) electrons. The molecular weight excluding hydrogens is 307 g/mol. The lowest BCUT2D eigenvalue weighted by atomic mass is 10.1. The molecule has 2 rings (SSSR count). The summed E-state index contributed by atoms with van der Waals surface area (Å²) in [5, 5.41) is 0. The quantitative estimate of drug-likeness (QED) is 0.806. The topological polar surface area (TPSA) is 29.5 Å². The highest BCUT2D eigenvalue weighted by molar-refractivity contribution is 5.79. The van der Waals surface area contributed by atoms with Gasteiger partial charge in [0.15, 0.2) is 0 Å². The van der Waals surface area contributed by atoms with E-state index in [4.69, 9.17) is 0 Å². The van der Waals surface area contributed by atoms with E-state index in [1.165, 1.54) is 24.3 Å². The Labute approximate surface area is 134 Å². The average Bonchev–Trinajstić information content (AvgIpc) is 2.92. The van der Waals surface area contributed by atoms with Gasteiger partial charge in [0, 0.05) is 12.1 Å². The first-order valence-electron chi connectivity index (χ1n) is 7.92. The molecular formula is C17H22F3NO2. The molecule has 0 N–H and O–H groups in total. The normalized spacial score (nSPS) is 15.9. The number of amides is 1. The van der Waals surface area contributed by atoms with Crippen molar-refractivity contribution in [3.05, 3.63) is 29.8 Å². The number of alkyl halides is 3. The first-order valence-corrected chi connectivity index (χ1v) is 7.92. The fourth-order valence-corrected chi connectivity index (χ4v) is 3.17. The van der Waals surface area contributed by atoms with Crippen molar-refractivity contribution in [1.82, 2.24) is 4.90 Å². The van der Waals surface area contributed by atoms with Crippen LogP contribution in [-0.2, 0) is 11.2 Å². The minimum atomic E-state index is -4.70. The third-order valence-corrected chi connectivity index (χ3v) is 4.07. The lowest BCUT2D eigenvalue weighted by molar-refractivity contribution is -0.274. The van der Waals surface area contributed by atoms with Crippen LogP contribution in [0.25, 0.3) is 0 Å². The van der Waals surface area contributed by atoms with E-state index in [1.807, 2.05) is 18.7 Å². The van der Waals surface area contributed by atoms with E-state index in [9.17, 15) is 18.0 Å². The summed E-state index contributed by atoms with van der Waals surface area (Å²) in [4.78, 5) is 14.5. The van der Waals surface area contributed by atoms with Crippen molar-refractivity contribution in [2.45, 2.75) is 64.4 Å². The van der Waals surface area contributed by atoms with Gasteiger partial charge < -0.3 is 9.64 Å². The molecule has 1 aliphatic rings. The minimum Gasteiger partial charge on any atom is -0.406 e. The van der Waals surface area contributed by atoms with Gasteiger partial charge in [0.25, 0.3) is 0 Å². The maximum atomic E-state index is 12.6. The van der Waals surface area contributed by atoms with Crippen molar-refractivity contribution in [3.8, 4) is 5.75 Å². The summed E-state index contributed by atoms with van der Waals surface area (Å²) in [6.07, 6.45) is -0.158. The number of rotatable bonds is 5. The first-order chi connectivity index (χ1) is 10.8. The Morgan fingerprint density at radius 1 is 1.22 bits per heavy atom. The van der Waals surface area contributed by atoms with Gasteiger partial charge in [-0.15, -0.1) is 13.2 Å². The van der Waals surface area contributed by atoms with Gasteiger partial charge in [-0.3, -0.25) is 4.79 Å². The van der Waals surface area contributed by atoms with Crippen molar-refractivity contribution >= 4 is 5.91 Å². The van der Waals surface area contributed by atoms with E-state index in [-0.39, 0.29) is 30.2 Å². The molecule has 1 aromatic carbocycles. The molecule has 1 aliphatic carbocycles. The van der Waals surface area contributed by atoms with Crippen molar-refractivity contribution in [3.63, 3.8) is 0 Å². The van der Waals surface area contributed by atoms with Gasteiger partial charge in [0.1, 0.15) is 5.75 Å². The van der Waals surface area contributed by atoms with Crippen LogP contribution in [0.5, 0.6) is 5.75 Å². The maximum absolute atomic E-state index is 12.6. The summed E-state index contributed by atoms with van der Waals surface area (Å²) >= 11 is 0. The van der Waals surface area contributed by atoms with Gasteiger partial charge in [-0.05, 0) is 44.4 Å². The summed E-state index contributed by atoms with van der Waals surface area (Å²) in [7, 11) is 0. The Hall–Kier alpha value is -1.72. The molecule has 1 fully saturated rings. The van der Waals surface area contributed by atoms with E-state index >= 15 is 0 Å². The molecule has 0 saturated heterocycles. The number of halogens is 3. The molecule has 128 valence electrons. The zero-order chi connectivity index (χ0) is 17.0. The van der Waals surface area contributed by atoms with E-state index < -0.39 is 6.36 Å². The number of ether oxygens (including phenoxy) is 1. The largest absolute Gasteiger partial charge is 0.573 e. The summed E-state index contributed by atoms with van der Waals surface area (Å²) in [6.45, 7) is 3.99. The number of nitrogens with zero attached hydrogens (tertiary/aromatic N) is 1. The van der Waals surface area contributed by atoms with E-state index in [0.717, 1.165) is 25.7 Å². The standard InChI is InChI=1S/C17H22F3NO2/c1-12(2)21(14-5-3-4-6-14)16(22)11-13-7-9-15(10-8-13)23-17(18,19)20/h7-10,12,14H,3-6,11H2,1-2H3. The maximum Gasteiger partial charge on any atom is 0.573 e. The molecule has 0 atom stereocenters. The predicted octanol–water partition coefficient (Wildman–Crippen LogP) is 4.31. The first kappa shape index (κ1) is 17.6. The summed E-state index contributed by atoms with van der Waals surface area (Å²) < 4.78 is 40.2. The van der Waals surface area contributed by atoms with Gasteiger partial charge in [-0.25, -0.2) is 0 Å². The third-order valence-electron chi connectivity index (χ3n) is 4.07. The third kappa shape index (κ3) is 5.15. The van der Waals surface area contributed by atoms with Crippen LogP contribution in [0.15, 0.2) is 24.3 Å². The molecule has 0 unspecified atom stereocenters. The Kier molecular flexibility index (Phi) is 5.55. The summed E-state index contributed by atoms with van der Waals surface area (Å²) in [6, 6.07) is 5.91. The fourth-order valence-electron chi connectivity index (χ4n) is 3.17. The van der Waals surface area contributed by atoms with E-state index in [2.05, 4.69) is 4.74 Å². The highest BCUT2D eigenvalue weighted by atomic mass is 19.4. The highest BCUT2D eigenvalue weighted by Gasteiger charge is 2.31. The van der Waals surface area contributed by atoms with Gasteiger partial charge in [0.05, 0.1) is 6.42 Å². The predicted molar refractivity (Wildman–Crippen MR) is 81.1 cm³/mol. The van der Waals surface area contributed by atoms with Gasteiger partial charge in [-0.1, -0.05) is 25.0 Å². The second-order valence-electron chi connectivity index (χ2n) is 6.20. The number of hydrogen-bond donors (Lipinski definition) is 0. The molecule has 1 aromatic rings. The molecule has 1 amide bonds. The number of hydrogen-bond acceptors (Lipinski definition) is 2. The van der Waals surface area contributed by atoms with Crippen LogP contribution in [-0.4, -0.2) is 29.3 Å². The minimum absolute atomic E-state index is 0.0244. The number of carbonyl (C=O) groups is 1. The van der Waals surface area contributed by atoms with E-state index in [1.54, 1.807) is 0 Å².